The standard InChI is InChI=1S/C24H27NO5/c1-15-6-8-17(9-7-15)21-20(23(27)24(28)25(21)12-5-13-29-3)22(26)19-11-10-18(30-4)14-16(19)2/h6-11,14,21,26H,5,12-13H2,1-4H3. The van der Waals surface area contributed by atoms with Crippen LogP contribution in [-0.2, 0) is 14.3 Å². The molecule has 1 atom stereocenters. The molecule has 0 spiro atoms. The fraction of sp³-hybridized carbons (Fsp3) is 0.333. The highest BCUT2D eigenvalue weighted by Gasteiger charge is 2.45. The molecule has 1 saturated heterocycles. The van der Waals surface area contributed by atoms with Crippen LogP contribution in [0.4, 0.5) is 0 Å². The number of ketones is 1. The molecule has 158 valence electrons. The zero-order valence-corrected chi connectivity index (χ0v) is 17.8. The summed E-state index contributed by atoms with van der Waals surface area (Å²) in [7, 11) is 3.16. The van der Waals surface area contributed by atoms with Gasteiger partial charge in [-0.1, -0.05) is 29.8 Å². The Kier molecular flexibility index (Phi) is 6.57. The minimum absolute atomic E-state index is 0.106. The largest absolute Gasteiger partial charge is 0.507 e. The first-order valence-electron chi connectivity index (χ1n) is 9.88. The van der Waals surface area contributed by atoms with Crippen LogP contribution in [0.1, 0.15) is 34.7 Å². The van der Waals surface area contributed by atoms with E-state index in [9.17, 15) is 14.7 Å². The Morgan fingerprint density at radius 3 is 2.37 bits per heavy atom. The molecule has 1 heterocycles. The molecule has 0 aliphatic carbocycles. The third kappa shape index (κ3) is 4.09. The molecular weight excluding hydrogens is 382 g/mol. The average Bonchev–Trinajstić information content (AvgIpc) is 2.99. The monoisotopic (exact) mass is 409 g/mol. The number of hydrogen-bond acceptors (Lipinski definition) is 5. The van der Waals surface area contributed by atoms with E-state index >= 15 is 0 Å². The molecule has 0 aromatic heterocycles. The number of aliphatic hydroxyl groups is 1. The second kappa shape index (κ2) is 9.13. The Morgan fingerprint density at radius 1 is 1.07 bits per heavy atom. The summed E-state index contributed by atoms with van der Waals surface area (Å²) in [6.07, 6.45) is 0.591. The van der Waals surface area contributed by atoms with E-state index in [-0.39, 0.29) is 11.3 Å². The minimum atomic E-state index is -0.675. The van der Waals surface area contributed by atoms with Gasteiger partial charge in [0.1, 0.15) is 11.5 Å². The van der Waals surface area contributed by atoms with Gasteiger partial charge in [0.2, 0.25) is 0 Å². The molecule has 2 aromatic carbocycles. The Morgan fingerprint density at radius 2 is 1.77 bits per heavy atom. The lowest BCUT2D eigenvalue weighted by molar-refractivity contribution is -0.140. The lowest BCUT2D eigenvalue weighted by Crippen LogP contribution is -2.31. The van der Waals surface area contributed by atoms with Crippen LogP contribution in [0.3, 0.4) is 0 Å². The van der Waals surface area contributed by atoms with Gasteiger partial charge in [0.05, 0.1) is 18.7 Å². The van der Waals surface area contributed by atoms with Gasteiger partial charge >= 0.3 is 0 Å². The predicted octanol–water partition coefficient (Wildman–Crippen LogP) is 3.77. The number of hydrogen-bond donors (Lipinski definition) is 1. The van der Waals surface area contributed by atoms with Crippen molar-refractivity contribution in [2.45, 2.75) is 26.3 Å². The summed E-state index contributed by atoms with van der Waals surface area (Å²) in [5.41, 5.74) is 3.21. The maximum atomic E-state index is 13.0. The predicted molar refractivity (Wildman–Crippen MR) is 114 cm³/mol. The van der Waals surface area contributed by atoms with E-state index in [1.165, 1.54) is 4.90 Å². The molecule has 0 saturated carbocycles. The van der Waals surface area contributed by atoms with Gasteiger partial charge in [-0.15, -0.1) is 0 Å². The van der Waals surface area contributed by atoms with Crippen molar-refractivity contribution in [3.8, 4) is 5.75 Å². The zero-order chi connectivity index (χ0) is 21.8. The molecule has 0 radical (unpaired) electrons. The van der Waals surface area contributed by atoms with Crippen molar-refractivity contribution in [1.82, 2.24) is 4.90 Å². The highest BCUT2D eigenvalue weighted by Crippen LogP contribution is 2.40. The molecular formula is C24H27NO5. The number of amides is 1. The number of aliphatic hydroxyl groups excluding tert-OH is 1. The van der Waals surface area contributed by atoms with Gasteiger partial charge in [0.15, 0.2) is 0 Å². The number of benzene rings is 2. The van der Waals surface area contributed by atoms with E-state index in [1.807, 2.05) is 38.1 Å². The third-order valence-corrected chi connectivity index (χ3v) is 5.37. The van der Waals surface area contributed by atoms with E-state index in [0.717, 1.165) is 16.7 Å². The van der Waals surface area contributed by atoms with Gasteiger partial charge in [0.25, 0.3) is 11.7 Å². The second-order valence-electron chi connectivity index (χ2n) is 7.43. The Bertz CT molecular complexity index is 978. The smallest absolute Gasteiger partial charge is 0.295 e. The van der Waals surface area contributed by atoms with Gasteiger partial charge in [0, 0.05) is 25.8 Å². The van der Waals surface area contributed by atoms with Gasteiger partial charge in [-0.05, 0) is 49.6 Å². The number of aryl methyl sites for hydroxylation is 2. The van der Waals surface area contributed by atoms with Crippen LogP contribution in [0.5, 0.6) is 5.75 Å². The first-order valence-corrected chi connectivity index (χ1v) is 9.88. The van der Waals surface area contributed by atoms with Gasteiger partial charge < -0.3 is 19.5 Å². The average molecular weight is 409 g/mol. The zero-order valence-electron chi connectivity index (χ0n) is 17.8. The van der Waals surface area contributed by atoms with Gasteiger partial charge in [-0.25, -0.2) is 0 Å². The maximum Gasteiger partial charge on any atom is 0.295 e. The second-order valence-corrected chi connectivity index (χ2v) is 7.43. The first kappa shape index (κ1) is 21.6. The summed E-state index contributed by atoms with van der Waals surface area (Å²) >= 11 is 0. The fourth-order valence-corrected chi connectivity index (χ4v) is 3.76. The van der Waals surface area contributed by atoms with Crippen LogP contribution in [0, 0.1) is 13.8 Å². The minimum Gasteiger partial charge on any atom is -0.507 e. The van der Waals surface area contributed by atoms with Crippen molar-refractivity contribution in [2.24, 2.45) is 0 Å². The SMILES string of the molecule is COCCCN1C(=O)C(=O)C(=C(O)c2ccc(OC)cc2C)C1c1ccc(C)cc1. The third-order valence-electron chi connectivity index (χ3n) is 5.37. The summed E-state index contributed by atoms with van der Waals surface area (Å²) < 4.78 is 10.3. The molecule has 1 N–H and O–H groups in total. The van der Waals surface area contributed by atoms with Crippen LogP contribution < -0.4 is 4.74 Å². The molecule has 0 bridgehead atoms. The number of methoxy groups -OCH3 is 2. The maximum absolute atomic E-state index is 13.0. The molecule has 6 heteroatoms. The summed E-state index contributed by atoms with van der Waals surface area (Å²) in [5.74, 6) is -0.803. The molecule has 1 fully saturated rings. The lowest BCUT2D eigenvalue weighted by atomic mass is 9.93. The van der Waals surface area contributed by atoms with E-state index in [1.54, 1.807) is 32.4 Å². The van der Waals surface area contributed by atoms with E-state index in [2.05, 4.69) is 0 Å². The van der Waals surface area contributed by atoms with Crippen molar-refractivity contribution in [3.05, 3.63) is 70.3 Å². The van der Waals surface area contributed by atoms with Crippen LogP contribution >= 0.6 is 0 Å². The number of nitrogens with zero attached hydrogens (tertiary/aromatic N) is 1. The summed E-state index contributed by atoms with van der Waals surface area (Å²) in [6.45, 7) is 4.63. The first-order chi connectivity index (χ1) is 14.4. The van der Waals surface area contributed by atoms with Crippen LogP contribution in [0.2, 0.25) is 0 Å². The normalized spacial score (nSPS) is 18.1. The number of carbonyl (C=O) groups excluding carboxylic acids is 2. The molecule has 30 heavy (non-hydrogen) atoms. The van der Waals surface area contributed by atoms with Crippen molar-refractivity contribution < 1.29 is 24.2 Å². The molecule has 1 amide bonds. The highest BCUT2D eigenvalue weighted by molar-refractivity contribution is 6.46. The number of ether oxygens (including phenoxy) is 2. The van der Waals surface area contributed by atoms with Crippen molar-refractivity contribution in [2.75, 3.05) is 27.4 Å². The Hall–Kier alpha value is -3.12. The van der Waals surface area contributed by atoms with Crippen molar-refractivity contribution in [1.29, 1.82) is 0 Å². The van der Waals surface area contributed by atoms with E-state index in [4.69, 9.17) is 9.47 Å². The summed E-state index contributed by atoms with van der Waals surface area (Å²) in [4.78, 5) is 27.4. The Labute approximate surface area is 176 Å². The number of rotatable bonds is 7. The van der Waals surface area contributed by atoms with Crippen LogP contribution in [0.25, 0.3) is 5.76 Å². The molecule has 1 unspecified atom stereocenters. The number of likely N-dealkylation sites (tertiary alicyclic amines) is 1. The summed E-state index contributed by atoms with van der Waals surface area (Å²) in [6, 6.07) is 12.2. The number of carbonyl (C=O) groups is 2. The van der Waals surface area contributed by atoms with E-state index < -0.39 is 17.7 Å². The lowest BCUT2D eigenvalue weighted by Gasteiger charge is -2.25. The quantitative estimate of drug-likeness (QED) is 0.326. The molecule has 3 rings (SSSR count). The van der Waals surface area contributed by atoms with Crippen molar-refractivity contribution >= 4 is 17.4 Å². The van der Waals surface area contributed by atoms with Crippen LogP contribution in [0.15, 0.2) is 48.0 Å². The molecule has 6 nitrogen and oxygen atoms in total. The molecule has 2 aromatic rings. The number of Topliss-reactive ketones (excluding diaryl/α,β-unsaturated/α-hetero) is 1. The van der Waals surface area contributed by atoms with Crippen LogP contribution in [-0.4, -0.2) is 49.1 Å². The van der Waals surface area contributed by atoms with Gasteiger partial charge in [-0.3, -0.25) is 9.59 Å². The molecule has 1 aliphatic rings. The van der Waals surface area contributed by atoms with E-state index in [0.29, 0.717) is 30.9 Å². The molecule has 1 aliphatic heterocycles. The topological polar surface area (TPSA) is 76.1 Å². The van der Waals surface area contributed by atoms with Crippen molar-refractivity contribution in [3.63, 3.8) is 0 Å². The highest BCUT2D eigenvalue weighted by atomic mass is 16.5. The fourth-order valence-electron chi connectivity index (χ4n) is 3.76. The van der Waals surface area contributed by atoms with Gasteiger partial charge in [-0.2, -0.15) is 0 Å². The Balaban J connectivity index is 2.13. The summed E-state index contributed by atoms with van der Waals surface area (Å²) in [5, 5.41) is 11.1.